The van der Waals surface area contributed by atoms with Crippen molar-refractivity contribution >= 4 is 11.9 Å². The van der Waals surface area contributed by atoms with Gasteiger partial charge >= 0.3 is 5.97 Å². The molecular formula is C25H29F2N3O5. The number of methoxy groups -OCH3 is 2. The van der Waals surface area contributed by atoms with E-state index in [-0.39, 0.29) is 41.4 Å². The van der Waals surface area contributed by atoms with Crippen LogP contribution in [0.15, 0.2) is 29.1 Å². The van der Waals surface area contributed by atoms with Gasteiger partial charge in [-0.05, 0) is 37.5 Å². The van der Waals surface area contributed by atoms with Gasteiger partial charge < -0.3 is 18.9 Å². The molecular weight excluding hydrogens is 460 g/mol. The molecule has 2 aliphatic rings. The zero-order valence-corrected chi connectivity index (χ0v) is 19.9. The van der Waals surface area contributed by atoms with Gasteiger partial charge in [0.25, 0.3) is 11.5 Å². The summed E-state index contributed by atoms with van der Waals surface area (Å²) in [7, 11) is 2.69. The van der Waals surface area contributed by atoms with E-state index < -0.39 is 23.6 Å². The zero-order chi connectivity index (χ0) is 25.1. The Bertz CT molecular complexity index is 1180. The molecule has 0 N–H and O–H groups in total. The Kier molecular flexibility index (Phi) is 7.49. The van der Waals surface area contributed by atoms with E-state index in [0.29, 0.717) is 38.2 Å². The molecule has 0 bridgehead atoms. The minimum Gasteiger partial charge on any atom is -0.496 e. The largest absolute Gasteiger partial charge is 0.496 e. The molecule has 10 heteroatoms. The fourth-order valence-electron chi connectivity index (χ4n) is 4.95. The van der Waals surface area contributed by atoms with Gasteiger partial charge in [0.15, 0.2) is 0 Å². The summed E-state index contributed by atoms with van der Waals surface area (Å²) in [5.74, 6) is -1.72. The molecule has 1 aromatic heterocycles. The molecule has 2 aliphatic heterocycles. The number of carbonyl (C=O) groups excluding carboxylic acids is 2. The first-order valence-electron chi connectivity index (χ1n) is 11.7. The molecule has 0 aliphatic carbocycles. The molecule has 0 saturated carbocycles. The molecule has 1 saturated heterocycles. The highest BCUT2D eigenvalue weighted by molar-refractivity contribution is 6.00. The van der Waals surface area contributed by atoms with E-state index in [1.807, 2.05) is 4.90 Å². The number of pyridine rings is 1. The second-order valence-corrected chi connectivity index (χ2v) is 8.82. The van der Waals surface area contributed by atoms with Gasteiger partial charge in [-0.2, -0.15) is 0 Å². The summed E-state index contributed by atoms with van der Waals surface area (Å²) in [6.45, 7) is 1.67. The van der Waals surface area contributed by atoms with Crippen LogP contribution >= 0.6 is 0 Å². The number of hydrogen-bond donors (Lipinski definition) is 0. The maximum Gasteiger partial charge on any atom is 0.328 e. The standard InChI is InChI=1S/C25H29F2N3O5/c1-34-21-14-22(31)29-12-11-28(15-16-13-17(26)6-7-18(16)27)10-8-19(29)23(21)24(32)30-9-4-3-5-20(30)25(33)35-2/h6-7,13-14,20H,3-5,8-12,15H2,1-2H3/t20-/m1/s1. The third-order valence-corrected chi connectivity index (χ3v) is 6.76. The second-order valence-electron chi connectivity index (χ2n) is 8.82. The summed E-state index contributed by atoms with van der Waals surface area (Å²) in [5.41, 5.74) is 0.680. The Morgan fingerprint density at radius 1 is 1.06 bits per heavy atom. The minimum absolute atomic E-state index is 0.157. The van der Waals surface area contributed by atoms with E-state index in [2.05, 4.69) is 0 Å². The van der Waals surface area contributed by atoms with Crippen molar-refractivity contribution in [3.8, 4) is 5.75 Å². The van der Waals surface area contributed by atoms with Gasteiger partial charge in [0.05, 0.1) is 14.2 Å². The third kappa shape index (κ3) is 5.07. The molecule has 1 fully saturated rings. The molecule has 1 atom stereocenters. The van der Waals surface area contributed by atoms with Crippen LogP contribution in [0.25, 0.3) is 0 Å². The molecule has 35 heavy (non-hydrogen) atoms. The first-order chi connectivity index (χ1) is 16.8. The molecule has 4 rings (SSSR count). The van der Waals surface area contributed by atoms with E-state index in [0.717, 1.165) is 25.0 Å². The Morgan fingerprint density at radius 3 is 2.60 bits per heavy atom. The summed E-state index contributed by atoms with van der Waals surface area (Å²) < 4.78 is 39.7. The number of esters is 1. The van der Waals surface area contributed by atoms with Gasteiger partial charge in [-0.25, -0.2) is 13.6 Å². The topological polar surface area (TPSA) is 81.1 Å². The lowest BCUT2D eigenvalue weighted by molar-refractivity contribution is -0.147. The molecule has 0 spiro atoms. The summed E-state index contributed by atoms with van der Waals surface area (Å²) in [6, 6.07) is 3.93. The number of rotatable bonds is 5. The number of ether oxygens (including phenoxy) is 2. The highest BCUT2D eigenvalue weighted by Gasteiger charge is 2.36. The van der Waals surface area contributed by atoms with E-state index in [1.54, 1.807) is 0 Å². The number of piperidine rings is 1. The van der Waals surface area contributed by atoms with Crippen molar-refractivity contribution in [2.75, 3.05) is 33.9 Å². The number of benzene rings is 1. The lowest BCUT2D eigenvalue weighted by atomic mass is 9.99. The Labute approximate surface area is 202 Å². The lowest BCUT2D eigenvalue weighted by Crippen LogP contribution is -2.49. The van der Waals surface area contributed by atoms with Crippen molar-refractivity contribution in [1.82, 2.24) is 14.4 Å². The average molecular weight is 490 g/mol. The van der Waals surface area contributed by atoms with Crippen LogP contribution in [0.2, 0.25) is 0 Å². The maximum absolute atomic E-state index is 14.2. The molecule has 8 nitrogen and oxygen atoms in total. The Balaban J connectivity index is 1.67. The quantitative estimate of drug-likeness (QED) is 0.600. The highest BCUT2D eigenvalue weighted by atomic mass is 19.1. The van der Waals surface area contributed by atoms with Crippen LogP contribution in [0.1, 0.15) is 40.9 Å². The minimum atomic E-state index is -0.697. The van der Waals surface area contributed by atoms with Gasteiger partial charge in [-0.15, -0.1) is 0 Å². The van der Waals surface area contributed by atoms with Crippen molar-refractivity contribution < 1.29 is 27.8 Å². The van der Waals surface area contributed by atoms with E-state index in [9.17, 15) is 23.2 Å². The first kappa shape index (κ1) is 24.8. The maximum atomic E-state index is 14.2. The van der Waals surface area contributed by atoms with Gasteiger partial charge in [-0.1, -0.05) is 0 Å². The summed E-state index contributed by atoms with van der Waals surface area (Å²) in [6.07, 6.45) is 2.38. The summed E-state index contributed by atoms with van der Waals surface area (Å²) in [5, 5.41) is 0. The molecule has 188 valence electrons. The fraction of sp³-hybridized carbons (Fsp3) is 0.480. The molecule has 3 heterocycles. The lowest BCUT2D eigenvalue weighted by Gasteiger charge is -2.34. The molecule has 0 unspecified atom stereocenters. The predicted molar refractivity (Wildman–Crippen MR) is 123 cm³/mol. The van der Waals surface area contributed by atoms with E-state index in [1.165, 1.54) is 35.8 Å². The van der Waals surface area contributed by atoms with Gasteiger partial charge in [-0.3, -0.25) is 14.5 Å². The van der Waals surface area contributed by atoms with Gasteiger partial charge in [0.2, 0.25) is 0 Å². The summed E-state index contributed by atoms with van der Waals surface area (Å²) in [4.78, 5) is 42.5. The number of carbonyl (C=O) groups is 2. The van der Waals surface area contributed by atoms with Crippen molar-refractivity contribution in [3.05, 3.63) is 63.1 Å². The molecule has 1 amide bonds. The smallest absolute Gasteiger partial charge is 0.328 e. The number of halogens is 2. The fourth-order valence-corrected chi connectivity index (χ4v) is 4.95. The number of aromatic nitrogens is 1. The van der Waals surface area contributed by atoms with Crippen LogP contribution in [0.3, 0.4) is 0 Å². The molecule has 0 radical (unpaired) electrons. The molecule has 1 aromatic carbocycles. The number of fused-ring (bicyclic) bond motifs is 1. The normalized spacial score (nSPS) is 18.5. The second kappa shape index (κ2) is 10.6. The van der Waals surface area contributed by atoms with Crippen LogP contribution in [0.4, 0.5) is 8.78 Å². The monoisotopic (exact) mass is 489 g/mol. The van der Waals surface area contributed by atoms with Crippen LogP contribution < -0.4 is 10.3 Å². The number of likely N-dealkylation sites (tertiary alicyclic amines) is 1. The van der Waals surface area contributed by atoms with Crippen LogP contribution in [0, 0.1) is 11.6 Å². The highest BCUT2D eigenvalue weighted by Crippen LogP contribution is 2.28. The van der Waals surface area contributed by atoms with Crippen molar-refractivity contribution in [3.63, 3.8) is 0 Å². The van der Waals surface area contributed by atoms with Gasteiger partial charge in [0.1, 0.15) is 29.0 Å². The molecule has 2 aromatic rings. The zero-order valence-electron chi connectivity index (χ0n) is 19.9. The third-order valence-electron chi connectivity index (χ3n) is 6.76. The Hall–Kier alpha value is -3.27. The first-order valence-corrected chi connectivity index (χ1v) is 11.7. The SMILES string of the molecule is COC(=O)[C@H]1CCCCN1C(=O)c1c(OC)cc(=O)n2c1CCN(Cc1cc(F)ccc1F)CC2. The number of hydrogen-bond acceptors (Lipinski definition) is 6. The average Bonchev–Trinajstić information content (AvgIpc) is 3.08. The Morgan fingerprint density at radius 2 is 1.86 bits per heavy atom. The van der Waals surface area contributed by atoms with Gasteiger partial charge in [0, 0.05) is 56.5 Å². The predicted octanol–water partition coefficient (Wildman–Crippen LogP) is 2.36. The number of nitrogens with zero attached hydrogens (tertiary/aromatic N) is 3. The van der Waals surface area contributed by atoms with Crippen LogP contribution in [0.5, 0.6) is 5.75 Å². The van der Waals surface area contributed by atoms with E-state index in [4.69, 9.17) is 9.47 Å². The van der Waals surface area contributed by atoms with E-state index >= 15 is 0 Å². The van der Waals surface area contributed by atoms with Crippen molar-refractivity contribution in [1.29, 1.82) is 0 Å². The van der Waals surface area contributed by atoms with Crippen LogP contribution in [-0.4, -0.2) is 66.1 Å². The van der Waals surface area contributed by atoms with Crippen LogP contribution in [-0.2, 0) is 29.0 Å². The van der Waals surface area contributed by atoms with Crippen molar-refractivity contribution in [2.24, 2.45) is 0 Å². The summed E-state index contributed by atoms with van der Waals surface area (Å²) >= 11 is 0. The number of amides is 1. The van der Waals surface area contributed by atoms with Crippen molar-refractivity contribution in [2.45, 2.75) is 44.8 Å².